The third kappa shape index (κ3) is 2.87. The van der Waals surface area contributed by atoms with Gasteiger partial charge >= 0.3 is 11.7 Å². The Kier molecular flexibility index (Phi) is 4.37. The molecule has 9 heteroatoms. The van der Waals surface area contributed by atoms with Crippen molar-refractivity contribution in [2.24, 2.45) is 14.1 Å². The first-order valence-corrected chi connectivity index (χ1v) is 8.00. The molecule has 2 heterocycles. The number of nitrogens with zero attached hydrogens (tertiary/aromatic N) is 4. The third-order valence-corrected chi connectivity index (χ3v) is 4.29. The van der Waals surface area contributed by atoms with Gasteiger partial charge in [0.1, 0.15) is 6.54 Å². The summed E-state index contributed by atoms with van der Waals surface area (Å²) in [4.78, 5) is 40.3. The molecule has 0 radical (unpaired) electrons. The Morgan fingerprint density at radius 3 is 2.46 bits per heavy atom. The fourth-order valence-corrected chi connectivity index (χ4v) is 2.86. The molecule has 136 valence electrons. The molecule has 0 aliphatic heterocycles. The summed E-state index contributed by atoms with van der Waals surface area (Å²) in [6.07, 6.45) is 0. The maximum atomic E-state index is 12.5. The Bertz CT molecular complexity index is 1090. The number of carboxylic acids is 1. The molecular formula is C17H19N5O4. The Balaban J connectivity index is 2.20. The summed E-state index contributed by atoms with van der Waals surface area (Å²) in [5.41, 5.74) is 0.0764. The van der Waals surface area contributed by atoms with Gasteiger partial charge in [-0.05, 0) is 12.5 Å². The van der Waals surface area contributed by atoms with Crippen molar-refractivity contribution in [3.8, 4) is 0 Å². The van der Waals surface area contributed by atoms with Crippen molar-refractivity contribution in [3.63, 3.8) is 0 Å². The molecular weight excluding hydrogens is 338 g/mol. The third-order valence-electron chi connectivity index (χ3n) is 4.29. The molecule has 3 aromatic rings. The summed E-state index contributed by atoms with van der Waals surface area (Å²) in [6.45, 7) is 1.45. The molecule has 0 unspecified atom stereocenters. The predicted octanol–water partition coefficient (Wildman–Crippen LogP) is 0.691. The van der Waals surface area contributed by atoms with Gasteiger partial charge in [0.05, 0.1) is 6.04 Å². The lowest BCUT2D eigenvalue weighted by atomic mass is 10.1. The number of fused-ring (bicyclic) bond motifs is 1. The van der Waals surface area contributed by atoms with E-state index in [1.54, 1.807) is 0 Å². The zero-order valence-corrected chi connectivity index (χ0v) is 14.6. The summed E-state index contributed by atoms with van der Waals surface area (Å²) in [5, 5.41) is 12.4. The highest BCUT2D eigenvalue weighted by Gasteiger charge is 2.21. The van der Waals surface area contributed by atoms with Crippen molar-refractivity contribution in [1.29, 1.82) is 0 Å². The monoisotopic (exact) mass is 357 g/mol. The second-order valence-corrected chi connectivity index (χ2v) is 6.07. The summed E-state index contributed by atoms with van der Waals surface area (Å²) in [7, 11) is 2.84. The Morgan fingerprint density at radius 2 is 1.85 bits per heavy atom. The molecule has 2 aromatic heterocycles. The first-order valence-electron chi connectivity index (χ1n) is 8.00. The highest BCUT2D eigenvalue weighted by atomic mass is 16.4. The number of imidazole rings is 1. The summed E-state index contributed by atoms with van der Waals surface area (Å²) in [6, 6.07) is 9.37. The van der Waals surface area contributed by atoms with Crippen LogP contribution in [0.1, 0.15) is 18.5 Å². The largest absolute Gasteiger partial charge is 0.480 e. The maximum absolute atomic E-state index is 12.5. The number of carbonyl (C=O) groups is 1. The van der Waals surface area contributed by atoms with Crippen molar-refractivity contribution < 1.29 is 9.90 Å². The molecule has 0 saturated heterocycles. The van der Waals surface area contributed by atoms with Gasteiger partial charge in [0.15, 0.2) is 11.2 Å². The van der Waals surface area contributed by atoms with Gasteiger partial charge in [-0.25, -0.2) is 4.79 Å². The first kappa shape index (κ1) is 17.5. The van der Waals surface area contributed by atoms with E-state index in [4.69, 9.17) is 0 Å². The van der Waals surface area contributed by atoms with E-state index in [-0.39, 0.29) is 23.2 Å². The van der Waals surface area contributed by atoms with Gasteiger partial charge in [0.25, 0.3) is 5.56 Å². The van der Waals surface area contributed by atoms with Crippen molar-refractivity contribution in [3.05, 3.63) is 56.7 Å². The number of hydrogen-bond donors (Lipinski definition) is 2. The second-order valence-electron chi connectivity index (χ2n) is 6.07. The fraction of sp³-hybridized carbons (Fsp3) is 0.294. The van der Waals surface area contributed by atoms with Gasteiger partial charge < -0.3 is 10.4 Å². The Morgan fingerprint density at radius 1 is 1.19 bits per heavy atom. The van der Waals surface area contributed by atoms with Gasteiger partial charge in [-0.15, -0.1) is 0 Å². The van der Waals surface area contributed by atoms with E-state index in [0.29, 0.717) is 0 Å². The minimum Gasteiger partial charge on any atom is -0.480 e. The van der Waals surface area contributed by atoms with Gasteiger partial charge in [0, 0.05) is 14.1 Å². The van der Waals surface area contributed by atoms with Crippen molar-refractivity contribution in [2.75, 3.05) is 5.32 Å². The van der Waals surface area contributed by atoms with Crippen LogP contribution in [0.5, 0.6) is 0 Å². The van der Waals surface area contributed by atoms with Crippen LogP contribution in [0.15, 0.2) is 39.9 Å². The van der Waals surface area contributed by atoms with Crippen LogP contribution in [0.3, 0.4) is 0 Å². The number of carboxylic acid groups (broad SMARTS) is 1. The van der Waals surface area contributed by atoms with E-state index < -0.39 is 23.8 Å². The van der Waals surface area contributed by atoms with Crippen LogP contribution >= 0.6 is 0 Å². The molecule has 0 bridgehead atoms. The lowest BCUT2D eigenvalue weighted by molar-refractivity contribution is -0.137. The molecule has 9 nitrogen and oxygen atoms in total. The quantitative estimate of drug-likeness (QED) is 0.695. The van der Waals surface area contributed by atoms with E-state index in [1.165, 1.54) is 23.2 Å². The van der Waals surface area contributed by atoms with Gasteiger partial charge in [-0.2, -0.15) is 4.98 Å². The number of aromatic nitrogens is 4. The SMILES string of the molecule is C[C@@H](Nc1nc2c(c(=O)n(C)c(=O)n2C)n1CC(=O)O)c1ccccc1. The van der Waals surface area contributed by atoms with Crippen molar-refractivity contribution in [1.82, 2.24) is 18.7 Å². The molecule has 0 amide bonds. The minimum absolute atomic E-state index is 0.0692. The van der Waals surface area contributed by atoms with E-state index >= 15 is 0 Å². The molecule has 0 saturated carbocycles. The molecule has 3 rings (SSSR count). The molecule has 26 heavy (non-hydrogen) atoms. The maximum Gasteiger partial charge on any atom is 0.332 e. The normalized spacial score (nSPS) is 12.3. The van der Waals surface area contributed by atoms with Gasteiger partial charge in [-0.3, -0.25) is 23.3 Å². The van der Waals surface area contributed by atoms with Crippen LogP contribution in [0.2, 0.25) is 0 Å². The topological polar surface area (TPSA) is 111 Å². The molecule has 0 fully saturated rings. The molecule has 0 aliphatic rings. The van der Waals surface area contributed by atoms with Crippen LogP contribution in [0, 0.1) is 0 Å². The number of anilines is 1. The van der Waals surface area contributed by atoms with E-state index in [2.05, 4.69) is 10.3 Å². The first-order chi connectivity index (χ1) is 12.3. The number of aryl methyl sites for hydroxylation is 1. The number of nitrogens with one attached hydrogen (secondary N) is 1. The Labute approximate surface area is 148 Å². The van der Waals surface area contributed by atoms with Crippen molar-refractivity contribution >= 4 is 23.1 Å². The van der Waals surface area contributed by atoms with E-state index in [0.717, 1.165) is 10.1 Å². The lowest BCUT2D eigenvalue weighted by Gasteiger charge is -2.15. The average Bonchev–Trinajstić information content (AvgIpc) is 2.96. The number of benzene rings is 1. The van der Waals surface area contributed by atoms with Crippen LogP contribution in [0.25, 0.3) is 11.2 Å². The standard InChI is InChI=1S/C17H19N5O4/c1-10(11-7-5-4-6-8-11)18-16-19-14-13(22(16)9-12(23)24)15(25)21(3)17(26)20(14)2/h4-8,10H,9H2,1-3H3,(H,18,19)(H,23,24)/t10-/m1/s1. The smallest absolute Gasteiger partial charge is 0.332 e. The van der Waals surface area contributed by atoms with Crippen LogP contribution in [0.4, 0.5) is 5.95 Å². The Hall–Kier alpha value is -3.36. The zero-order valence-electron chi connectivity index (χ0n) is 14.6. The van der Waals surface area contributed by atoms with Gasteiger partial charge in [-0.1, -0.05) is 30.3 Å². The molecule has 0 aliphatic carbocycles. The van der Waals surface area contributed by atoms with Crippen LogP contribution in [-0.4, -0.2) is 29.8 Å². The van der Waals surface area contributed by atoms with Gasteiger partial charge in [0.2, 0.25) is 5.95 Å². The summed E-state index contributed by atoms with van der Waals surface area (Å²) >= 11 is 0. The van der Waals surface area contributed by atoms with Crippen LogP contribution in [-0.2, 0) is 25.4 Å². The van der Waals surface area contributed by atoms with E-state index in [9.17, 15) is 19.5 Å². The summed E-state index contributed by atoms with van der Waals surface area (Å²) in [5.74, 6) is -0.896. The average molecular weight is 357 g/mol. The lowest BCUT2D eigenvalue weighted by Crippen LogP contribution is -2.37. The predicted molar refractivity (Wildman–Crippen MR) is 96.3 cm³/mol. The van der Waals surface area contributed by atoms with Crippen molar-refractivity contribution in [2.45, 2.75) is 19.5 Å². The van der Waals surface area contributed by atoms with E-state index in [1.807, 2.05) is 37.3 Å². The highest BCUT2D eigenvalue weighted by Crippen LogP contribution is 2.21. The summed E-state index contributed by atoms with van der Waals surface area (Å²) < 4.78 is 3.46. The molecule has 2 N–H and O–H groups in total. The number of rotatable bonds is 5. The molecule has 0 spiro atoms. The molecule has 1 atom stereocenters. The zero-order chi connectivity index (χ0) is 19.0. The number of hydrogen-bond acceptors (Lipinski definition) is 5. The molecule has 1 aromatic carbocycles. The fourth-order valence-electron chi connectivity index (χ4n) is 2.86. The number of aliphatic carboxylic acids is 1. The van der Waals surface area contributed by atoms with Crippen LogP contribution < -0.4 is 16.6 Å². The highest BCUT2D eigenvalue weighted by molar-refractivity contribution is 5.77. The second kappa shape index (κ2) is 6.51. The minimum atomic E-state index is -1.12.